The van der Waals surface area contributed by atoms with E-state index in [2.05, 4.69) is 20.4 Å². The van der Waals surface area contributed by atoms with Gasteiger partial charge < -0.3 is 15.0 Å². The molecule has 2 N–H and O–H groups in total. The van der Waals surface area contributed by atoms with Crippen LogP contribution < -0.4 is 11.0 Å². The monoisotopic (exact) mass is 317 g/mol. The Bertz CT molecular complexity index is 766. The molecule has 8 heteroatoms. The van der Waals surface area contributed by atoms with E-state index >= 15 is 0 Å². The van der Waals surface area contributed by atoms with Gasteiger partial charge in [0, 0.05) is 30.6 Å². The second kappa shape index (κ2) is 6.33. The van der Waals surface area contributed by atoms with Crippen molar-refractivity contribution in [1.82, 2.24) is 25.1 Å². The summed E-state index contributed by atoms with van der Waals surface area (Å²) in [5.74, 6) is -0.373. The van der Waals surface area contributed by atoms with Crippen molar-refractivity contribution in [2.45, 2.75) is 39.0 Å². The second-order valence-electron chi connectivity index (χ2n) is 5.54. The van der Waals surface area contributed by atoms with E-state index in [1.165, 1.54) is 0 Å². The van der Waals surface area contributed by atoms with E-state index in [0.29, 0.717) is 18.7 Å². The van der Waals surface area contributed by atoms with Gasteiger partial charge in [0.15, 0.2) is 0 Å². The van der Waals surface area contributed by atoms with Gasteiger partial charge in [-0.3, -0.25) is 9.48 Å². The van der Waals surface area contributed by atoms with Gasteiger partial charge in [0.1, 0.15) is 11.8 Å². The number of hydrogen-bond donors (Lipinski definition) is 2. The third-order valence-corrected chi connectivity index (χ3v) is 3.83. The molecule has 3 heterocycles. The Morgan fingerprint density at radius 2 is 2.39 bits per heavy atom. The van der Waals surface area contributed by atoms with E-state index in [4.69, 9.17) is 4.74 Å². The Hall–Kier alpha value is -2.48. The highest BCUT2D eigenvalue weighted by Crippen LogP contribution is 2.29. The molecule has 122 valence electrons. The molecule has 0 saturated carbocycles. The molecule has 1 aliphatic rings. The first-order valence-corrected chi connectivity index (χ1v) is 7.59. The molecule has 0 spiro atoms. The van der Waals surface area contributed by atoms with Crippen molar-refractivity contribution in [3.8, 4) is 0 Å². The molecule has 1 amide bonds. The van der Waals surface area contributed by atoms with Crippen LogP contribution in [0.4, 0.5) is 0 Å². The molecule has 0 radical (unpaired) electrons. The fourth-order valence-corrected chi connectivity index (χ4v) is 2.70. The van der Waals surface area contributed by atoms with E-state index < -0.39 is 5.69 Å². The maximum atomic E-state index is 12.3. The van der Waals surface area contributed by atoms with E-state index in [9.17, 15) is 9.59 Å². The standard InChI is InChI=1S/C15H19N5O3/c1-3-20-8-10(7-16-20)13-11(4-5-23-13)18-14(21)12-6-9(2)17-15(22)19-12/h6-8,11,13H,3-5H2,1-2H3,(H,18,21)(H,17,19,22)/t11-,13+/m0/s1. The maximum absolute atomic E-state index is 12.3. The largest absolute Gasteiger partial charge is 0.371 e. The minimum Gasteiger partial charge on any atom is -0.371 e. The van der Waals surface area contributed by atoms with Gasteiger partial charge in [0.25, 0.3) is 5.91 Å². The summed E-state index contributed by atoms with van der Waals surface area (Å²) in [5, 5.41) is 7.15. The van der Waals surface area contributed by atoms with Crippen LogP contribution in [0.25, 0.3) is 0 Å². The summed E-state index contributed by atoms with van der Waals surface area (Å²) < 4.78 is 7.55. The van der Waals surface area contributed by atoms with Crippen LogP contribution in [-0.4, -0.2) is 38.3 Å². The third kappa shape index (κ3) is 3.31. The highest BCUT2D eigenvalue weighted by molar-refractivity contribution is 5.92. The zero-order valence-electron chi connectivity index (χ0n) is 13.1. The number of aryl methyl sites for hydroxylation is 2. The predicted octanol–water partition coefficient (Wildman–Crippen LogP) is 0.555. The molecule has 0 bridgehead atoms. The molecule has 2 atom stereocenters. The summed E-state index contributed by atoms with van der Waals surface area (Å²) in [6.07, 6.45) is 4.15. The van der Waals surface area contributed by atoms with Gasteiger partial charge in [-0.1, -0.05) is 0 Å². The minimum atomic E-state index is -0.529. The number of amides is 1. The molecule has 2 aromatic rings. The second-order valence-corrected chi connectivity index (χ2v) is 5.54. The summed E-state index contributed by atoms with van der Waals surface area (Å²) in [4.78, 5) is 30.0. The van der Waals surface area contributed by atoms with Gasteiger partial charge in [-0.2, -0.15) is 10.1 Å². The SMILES string of the molecule is CCn1cc([C@H]2OCC[C@@H]2NC(=O)c2cc(C)[nH]c(=O)n2)cn1. The zero-order valence-corrected chi connectivity index (χ0v) is 13.1. The predicted molar refractivity (Wildman–Crippen MR) is 82.1 cm³/mol. The summed E-state index contributed by atoms with van der Waals surface area (Å²) >= 11 is 0. The number of aromatic amines is 1. The van der Waals surface area contributed by atoms with Crippen molar-refractivity contribution in [1.29, 1.82) is 0 Å². The number of rotatable bonds is 4. The smallest absolute Gasteiger partial charge is 0.345 e. The Kier molecular flexibility index (Phi) is 4.24. The highest BCUT2D eigenvalue weighted by atomic mass is 16.5. The van der Waals surface area contributed by atoms with Gasteiger partial charge in [-0.25, -0.2) is 4.79 Å². The fraction of sp³-hybridized carbons (Fsp3) is 0.467. The number of H-pyrrole nitrogens is 1. The number of aromatic nitrogens is 4. The molecule has 0 aromatic carbocycles. The molecule has 2 aromatic heterocycles. The molecular weight excluding hydrogens is 298 g/mol. The topological polar surface area (TPSA) is 102 Å². The van der Waals surface area contributed by atoms with Crippen LogP contribution in [0.2, 0.25) is 0 Å². The van der Waals surface area contributed by atoms with Crippen LogP contribution in [0.1, 0.15) is 41.2 Å². The van der Waals surface area contributed by atoms with Gasteiger partial charge in [-0.15, -0.1) is 0 Å². The van der Waals surface area contributed by atoms with Gasteiger partial charge in [-0.05, 0) is 26.3 Å². The number of nitrogens with zero attached hydrogens (tertiary/aromatic N) is 3. The lowest BCUT2D eigenvalue weighted by molar-refractivity contribution is 0.0817. The maximum Gasteiger partial charge on any atom is 0.345 e. The van der Waals surface area contributed by atoms with E-state index in [1.54, 1.807) is 19.2 Å². The molecule has 3 rings (SSSR count). The third-order valence-electron chi connectivity index (χ3n) is 3.83. The van der Waals surface area contributed by atoms with E-state index in [0.717, 1.165) is 12.1 Å². The molecule has 0 unspecified atom stereocenters. The number of carbonyl (C=O) groups excluding carboxylic acids is 1. The molecule has 1 aliphatic heterocycles. The van der Waals surface area contributed by atoms with Crippen molar-refractivity contribution in [3.63, 3.8) is 0 Å². The van der Waals surface area contributed by atoms with Crippen molar-refractivity contribution in [2.24, 2.45) is 0 Å². The molecule has 8 nitrogen and oxygen atoms in total. The summed E-state index contributed by atoms with van der Waals surface area (Å²) in [7, 11) is 0. The number of ether oxygens (including phenoxy) is 1. The minimum absolute atomic E-state index is 0.112. The quantitative estimate of drug-likeness (QED) is 0.857. The average Bonchev–Trinajstić information content (AvgIpc) is 3.14. The first-order valence-electron chi connectivity index (χ1n) is 7.59. The van der Waals surface area contributed by atoms with Crippen molar-refractivity contribution in [2.75, 3.05) is 6.61 Å². The van der Waals surface area contributed by atoms with Gasteiger partial charge in [0.05, 0.1) is 12.2 Å². The first kappa shape index (κ1) is 15.4. The molecule has 23 heavy (non-hydrogen) atoms. The van der Waals surface area contributed by atoms with Crippen LogP contribution in [0.5, 0.6) is 0 Å². The summed E-state index contributed by atoms with van der Waals surface area (Å²) in [5.41, 5.74) is 1.11. The average molecular weight is 317 g/mol. The van der Waals surface area contributed by atoms with E-state index in [-0.39, 0.29) is 23.7 Å². The number of nitrogens with one attached hydrogen (secondary N) is 2. The fourth-order valence-electron chi connectivity index (χ4n) is 2.70. The summed E-state index contributed by atoms with van der Waals surface area (Å²) in [6, 6.07) is 1.38. The lowest BCUT2D eigenvalue weighted by atomic mass is 10.1. The van der Waals surface area contributed by atoms with Crippen LogP contribution in [-0.2, 0) is 11.3 Å². The summed E-state index contributed by atoms with van der Waals surface area (Å²) in [6.45, 7) is 5.06. The number of carbonyl (C=O) groups is 1. The normalized spacial score (nSPS) is 20.6. The van der Waals surface area contributed by atoms with Crippen molar-refractivity contribution in [3.05, 3.63) is 45.9 Å². The van der Waals surface area contributed by atoms with Gasteiger partial charge >= 0.3 is 5.69 Å². The molecular formula is C15H19N5O3. The Balaban J connectivity index is 1.75. The first-order chi connectivity index (χ1) is 11.1. The van der Waals surface area contributed by atoms with Crippen LogP contribution in [0.3, 0.4) is 0 Å². The zero-order chi connectivity index (χ0) is 16.4. The lowest BCUT2D eigenvalue weighted by Crippen LogP contribution is -2.38. The van der Waals surface area contributed by atoms with Crippen LogP contribution in [0.15, 0.2) is 23.3 Å². The van der Waals surface area contributed by atoms with Crippen LogP contribution >= 0.6 is 0 Å². The van der Waals surface area contributed by atoms with Crippen molar-refractivity contribution < 1.29 is 9.53 Å². The molecule has 0 aliphatic carbocycles. The molecule has 1 saturated heterocycles. The van der Waals surface area contributed by atoms with Gasteiger partial charge in [0.2, 0.25) is 0 Å². The Morgan fingerprint density at radius 1 is 1.57 bits per heavy atom. The Morgan fingerprint density at radius 3 is 3.09 bits per heavy atom. The van der Waals surface area contributed by atoms with E-state index in [1.807, 2.05) is 17.8 Å². The lowest BCUT2D eigenvalue weighted by Gasteiger charge is -2.18. The molecule has 1 fully saturated rings. The van der Waals surface area contributed by atoms with Crippen molar-refractivity contribution >= 4 is 5.91 Å². The number of hydrogen-bond acceptors (Lipinski definition) is 5. The Labute approximate surface area is 132 Å². The highest BCUT2D eigenvalue weighted by Gasteiger charge is 2.32. The van der Waals surface area contributed by atoms with Crippen LogP contribution in [0, 0.1) is 6.92 Å².